The van der Waals surface area contributed by atoms with Crippen LogP contribution < -0.4 is 9.64 Å². The van der Waals surface area contributed by atoms with Crippen molar-refractivity contribution in [2.24, 2.45) is 0 Å². The first-order chi connectivity index (χ1) is 11.2. The van der Waals surface area contributed by atoms with Crippen LogP contribution in [0.15, 0.2) is 30.6 Å². The first-order valence-corrected chi connectivity index (χ1v) is 7.45. The summed E-state index contributed by atoms with van der Waals surface area (Å²) in [6.45, 7) is 4.58. The van der Waals surface area contributed by atoms with Crippen molar-refractivity contribution < 1.29 is 9.53 Å². The SMILES string of the molecule is Cc1ccc(N2CCN(C(=O)COc3ncccn3)CC2)nn1. The number of ether oxygens (including phenoxy) is 1. The van der Waals surface area contributed by atoms with Crippen LogP contribution in [-0.4, -0.2) is 63.8 Å². The Bertz CT molecular complexity index is 641. The van der Waals surface area contributed by atoms with E-state index in [2.05, 4.69) is 25.1 Å². The standard InChI is InChI=1S/C15H18N6O2/c1-12-3-4-13(19-18-12)20-7-9-21(10-8-20)14(22)11-23-15-16-5-2-6-17-15/h2-6H,7-11H2,1H3. The quantitative estimate of drug-likeness (QED) is 0.802. The lowest BCUT2D eigenvalue weighted by atomic mass is 10.3. The third kappa shape index (κ3) is 3.91. The van der Waals surface area contributed by atoms with Crippen LogP contribution in [0.4, 0.5) is 5.82 Å². The largest absolute Gasteiger partial charge is 0.453 e. The van der Waals surface area contributed by atoms with Crippen LogP contribution in [0.5, 0.6) is 6.01 Å². The third-order valence-corrected chi connectivity index (χ3v) is 3.61. The Morgan fingerprint density at radius 2 is 1.87 bits per heavy atom. The maximum absolute atomic E-state index is 12.2. The summed E-state index contributed by atoms with van der Waals surface area (Å²) in [5, 5.41) is 8.24. The lowest BCUT2D eigenvalue weighted by Crippen LogP contribution is -2.50. The van der Waals surface area contributed by atoms with E-state index in [-0.39, 0.29) is 18.5 Å². The topological polar surface area (TPSA) is 84.3 Å². The number of carbonyl (C=O) groups excluding carboxylic acids is 1. The van der Waals surface area contributed by atoms with Gasteiger partial charge in [0.15, 0.2) is 12.4 Å². The summed E-state index contributed by atoms with van der Waals surface area (Å²) in [7, 11) is 0. The van der Waals surface area contributed by atoms with E-state index in [0.29, 0.717) is 13.1 Å². The lowest BCUT2D eigenvalue weighted by molar-refractivity contribution is -0.133. The Labute approximate surface area is 134 Å². The van der Waals surface area contributed by atoms with Crippen LogP contribution >= 0.6 is 0 Å². The molecule has 0 unspecified atom stereocenters. The van der Waals surface area contributed by atoms with E-state index < -0.39 is 0 Å². The Hall–Kier alpha value is -2.77. The number of piperazine rings is 1. The molecule has 8 heteroatoms. The van der Waals surface area contributed by atoms with Gasteiger partial charge in [-0.15, -0.1) is 5.10 Å². The zero-order chi connectivity index (χ0) is 16.1. The first-order valence-electron chi connectivity index (χ1n) is 7.45. The molecule has 1 aliphatic heterocycles. The minimum absolute atomic E-state index is 0.0473. The molecule has 1 saturated heterocycles. The molecule has 1 fully saturated rings. The molecular weight excluding hydrogens is 296 g/mol. The zero-order valence-corrected chi connectivity index (χ0v) is 12.9. The van der Waals surface area contributed by atoms with Crippen LogP contribution in [0.25, 0.3) is 0 Å². The first kappa shape index (κ1) is 15.1. The number of rotatable bonds is 4. The van der Waals surface area contributed by atoms with E-state index >= 15 is 0 Å². The van der Waals surface area contributed by atoms with E-state index in [0.717, 1.165) is 24.6 Å². The van der Waals surface area contributed by atoms with E-state index in [1.807, 2.05) is 19.1 Å². The van der Waals surface area contributed by atoms with Gasteiger partial charge in [0.05, 0.1) is 5.69 Å². The highest BCUT2D eigenvalue weighted by atomic mass is 16.5. The minimum Gasteiger partial charge on any atom is -0.453 e. The van der Waals surface area contributed by atoms with Gasteiger partial charge in [-0.05, 0) is 25.1 Å². The van der Waals surface area contributed by atoms with Crippen LogP contribution in [0.2, 0.25) is 0 Å². The lowest BCUT2D eigenvalue weighted by Gasteiger charge is -2.35. The molecule has 23 heavy (non-hydrogen) atoms. The fraction of sp³-hybridized carbons (Fsp3) is 0.400. The van der Waals surface area contributed by atoms with Gasteiger partial charge in [0.1, 0.15) is 0 Å². The molecule has 2 aromatic rings. The molecule has 0 saturated carbocycles. The number of aromatic nitrogens is 4. The number of nitrogens with zero attached hydrogens (tertiary/aromatic N) is 6. The second kappa shape index (κ2) is 6.99. The van der Waals surface area contributed by atoms with Crippen molar-refractivity contribution in [3.8, 4) is 6.01 Å². The van der Waals surface area contributed by atoms with Gasteiger partial charge in [-0.1, -0.05) is 0 Å². The molecule has 0 atom stereocenters. The molecule has 1 aliphatic rings. The molecule has 2 aromatic heterocycles. The molecule has 0 bridgehead atoms. The van der Waals surface area contributed by atoms with Crippen molar-refractivity contribution in [1.29, 1.82) is 0 Å². The molecule has 1 amide bonds. The summed E-state index contributed by atoms with van der Waals surface area (Å²) in [6, 6.07) is 5.81. The molecule has 3 heterocycles. The summed E-state index contributed by atoms with van der Waals surface area (Å²) < 4.78 is 5.30. The highest BCUT2D eigenvalue weighted by Gasteiger charge is 2.22. The maximum Gasteiger partial charge on any atom is 0.316 e. The summed E-state index contributed by atoms with van der Waals surface area (Å²) in [4.78, 5) is 23.9. The van der Waals surface area contributed by atoms with E-state index in [9.17, 15) is 4.79 Å². The molecule has 3 rings (SSSR count). The fourth-order valence-electron chi connectivity index (χ4n) is 2.32. The van der Waals surface area contributed by atoms with Gasteiger partial charge in [0.25, 0.3) is 5.91 Å². The van der Waals surface area contributed by atoms with Crippen molar-refractivity contribution >= 4 is 11.7 Å². The average molecular weight is 314 g/mol. The second-order valence-corrected chi connectivity index (χ2v) is 5.22. The Kier molecular flexibility index (Phi) is 4.60. The van der Waals surface area contributed by atoms with Gasteiger partial charge in [0, 0.05) is 38.6 Å². The molecule has 8 nitrogen and oxygen atoms in total. The Morgan fingerprint density at radius 3 is 2.52 bits per heavy atom. The number of aryl methyl sites for hydroxylation is 1. The van der Waals surface area contributed by atoms with Crippen molar-refractivity contribution in [2.75, 3.05) is 37.7 Å². The Morgan fingerprint density at radius 1 is 1.13 bits per heavy atom. The molecule has 0 aliphatic carbocycles. The van der Waals surface area contributed by atoms with Gasteiger partial charge < -0.3 is 14.5 Å². The van der Waals surface area contributed by atoms with Crippen LogP contribution in [-0.2, 0) is 4.79 Å². The summed E-state index contributed by atoms with van der Waals surface area (Å²) >= 11 is 0. The summed E-state index contributed by atoms with van der Waals surface area (Å²) in [6.07, 6.45) is 3.16. The normalized spacial score (nSPS) is 14.7. The molecule has 0 aromatic carbocycles. The van der Waals surface area contributed by atoms with Crippen LogP contribution in [0.1, 0.15) is 5.69 Å². The van der Waals surface area contributed by atoms with Gasteiger partial charge in [0.2, 0.25) is 0 Å². The molecule has 0 radical (unpaired) electrons. The summed E-state index contributed by atoms with van der Waals surface area (Å²) in [5.41, 5.74) is 0.892. The van der Waals surface area contributed by atoms with Gasteiger partial charge in [-0.2, -0.15) is 5.10 Å². The number of amides is 1. The molecular formula is C15H18N6O2. The van der Waals surface area contributed by atoms with E-state index in [1.165, 1.54) is 0 Å². The predicted molar refractivity (Wildman–Crippen MR) is 83.1 cm³/mol. The van der Waals surface area contributed by atoms with Crippen molar-refractivity contribution in [3.05, 3.63) is 36.3 Å². The second-order valence-electron chi connectivity index (χ2n) is 5.22. The van der Waals surface area contributed by atoms with Gasteiger partial charge in [-0.25, -0.2) is 9.97 Å². The number of hydrogen-bond donors (Lipinski definition) is 0. The minimum atomic E-state index is -0.0629. The van der Waals surface area contributed by atoms with Crippen molar-refractivity contribution in [3.63, 3.8) is 0 Å². The van der Waals surface area contributed by atoms with Gasteiger partial charge in [-0.3, -0.25) is 4.79 Å². The van der Waals surface area contributed by atoms with Crippen molar-refractivity contribution in [2.45, 2.75) is 6.92 Å². The third-order valence-electron chi connectivity index (χ3n) is 3.61. The number of carbonyl (C=O) groups is 1. The maximum atomic E-state index is 12.2. The Balaban J connectivity index is 1.48. The van der Waals surface area contributed by atoms with E-state index in [4.69, 9.17) is 4.74 Å². The van der Waals surface area contributed by atoms with Crippen LogP contribution in [0.3, 0.4) is 0 Å². The zero-order valence-electron chi connectivity index (χ0n) is 12.9. The summed E-state index contributed by atoms with van der Waals surface area (Å²) in [5.74, 6) is 0.781. The van der Waals surface area contributed by atoms with Gasteiger partial charge >= 0.3 is 6.01 Å². The van der Waals surface area contributed by atoms with Crippen LogP contribution in [0, 0.1) is 6.92 Å². The average Bonchev–Trinajstić information content (AvgIpc) is 2.61. The smallest absolute Gasteiger partial charge is 0.316 e. The molecule has 0 spiro atoms. The molecule has 0 N–H and O–H groups in total. The fourth-order valence-corrected chi connectivity index (χ4v) is 2.32. The van der Waals surface area contributed by atoms with E-state index in [1.54, 1.807) is 23.4 Å². The molecule has 120 valence electrons. The highest BCUT2D eigenvalue weighted by Crippen LogP contribution is 2.12. The predicted octanol–water partition coefficient (Wildman–Crippen LogP) is 0.303. The van der Waals surface area contributed by atoms with Crippen molar-refractivity contribution in [1.82, 2.24) is 25.1 Å². The number of hydrogen-bond acceptors (Lipinski definition) is 7. The highest BCUT2D eigenvalue weighted by molar-refractivity contribution is 5.78. The monoisotopic (exact) mass is 314 g/mol. The number of anilines is 1.